The summed E-state index contributed by atoms with van der Waals surface area (Å²) in [5.74, 6) is 0.0115. The van der Waals surface area contributed by atoms with Gasteiger partial charge >= 0.3 is 5.97 Å². The molecule has 0 aromatic heterocycles. The Morgan fingerprint density at radius 1 is 1.47 bits per heavy atom. The minimum absolute atomic E-state index is 0.437. The van der Waals surface area contributed by atoms with Crippen molar-refractivity contribution < 1.29 is 14.6 Å². The molecule has 0 amide bonds. The highest BCUT2D eigenvalue weighted by atomic mass is 16.5. The van der Waals surface area contributed by atoms with Crippen LogP contribution < -0.4 is 10.1 Å². The van der Waals surface area contributed by atoms with Crippen LogP contribution in [0, 0.1) is 6.92 Å². The van der Waals surface area contributed by atoms with Crippen molar-refractivity contribution in [3.8, 4) is 5.75 Å². The molecule has 0 atom stereocenters. The third-order valence-corrected chi connectivity index (χ3v) is 2.69. The highest BCUT2D eigenvalue weighted by molar-refractivity contribution is 5.86. The normalized spacial score (nSPS) is 11.4. The molecule has 1 aromatic carbocycles. The molecule has 0 unspecified atom stereocenters. The summed E-state index contributed by atoms with van der Waals surface area (Å²) in [6.07, 6.45) is 2.24. The Kier molecular flexibility index (Phi) is 6.68. The average molecular weight is 263 g/mol. The minimum atomic E-state index is -0.847. The number of benzene rings is 1. The molecule has 0 heterocycles. The Bertz CT molecular complexity index is 441. The molecule has 1 aromatic rings. The quantitative estimate of drug-likeness (QED) is 0.558. The lowest BCUT2D eigenvalue weighted by molar-refractivity contribution is -0.132. The van der Waals surface area contributed by atoms with Crippen molar-refractivity contribution in [2.24, 2.45) is 0 Å². The monoisotopic (exact) mass is 263 g/mol. The van der Waals surface area contributed by atoms with Gasteiger partial charge in [0.05, 0.1) is 0 Å². The van der Waals surface area contributed by atoms with Crippen molar-refractivity contribution in [2.75, 3.05) is 19.7 Å². The van der Waals surface area contributed by atoms with Crippen molar-refractivity contribution in [3.63, 3.8) is 0 Å². The summed E-state index contributed by atoms with van der Waals surface area (Å²) >= 11 is 0. The van der Waals surface area contributed by atoms with Crippen molar-refractivity contribution in [3.05, 3.63) is 41.5 Å². The second-order valence-electron chi connectivity index (χ2n) is 4.26. The largest absolute Gasteiger partial charge is 0.492 e. The van der Waals surface area contributed by atoms with Gasteiger partial charge in [0.1, 0.15) is 12.4 Å². The van der Waals surface area contributed by atoms with E-state index >= 15 is 0 Å². The van der Waals surface area contributed by atoms with Crippen LogP contribution in [0.3, 0.4) is 0 Å². The Morgan fingerprint density at radius 3 is 2.89 bits per heavy atom. The molecular weight excluding hydrogens is 242 g/mol. The Hall–Kier alpha value is -1.81. The molecule has 2 N–H and O–H groups in total. The summed E-state index contributed by atoms with van der Waals surface area (Å²) in [7, 11) is 0. The molecule has 1 rings (SSSR count). The maximum atomic E-state index is 10.7. The van der Waals surface area contributed by atoms with Crippen LogP contribution in [0.5, 0.6) is 5.75 Å². The summed E-state index contributed by atoms with van der Waals surface area (Å²) in [4.78, 5) is 10.7. The molecule has 0 fully saturated rings. The number of rotatable bonds is 8. The van der Waals surface area contributed by atoms with Crippen LogP contribution >= 0.6 is 0 Å². The lowest BCUT2D eigenvalue weighted by Gasteiger charge is -2.07. The van der Waals surface area contributed by atoms with Crippen LogP contribution in [-0.2, 0) is 4.79 Å². The van der Waals surface area contributed by atoms with Crippen molar-refractivity contribution >= 4 is 5.97 Å². The predicted octanol–water partition coefficient (Wildman–Crippen LogP) is 2.38. The zero-order chi connectivity index (χ0) is 14.1. The van der Waals surface area contributed by atoms with E-state index in [1.807, 2.05) is 38.1 Å². The first kappa shape index (κ1) is 15.2. The Labute approximate surface area is 114 Å². The molecule has 0 saturated heterocycles. The van der Waals surface area contributed by atoms with E-state index in [1.165, 1.54) is 5.56 Å². The highest BCUT2D eigenvalue weighted by Gasteiger charge is 2.02. The second-order valence-corrected chi connectivity index (χ2v) is 4.26. The number of hydrogen-bond donors (Lipinski definition) is 2. The van der Waals surface area contributed by atoms with E-state index in [2.05, 4.69) is 5.32 Å². The number of hydrogen-bond acceptors (Lipinski definition) is 3. The van der Waals surface area contributed by atoms with Gasteiger partial charge in [-0.25, -0.2) is 4.79 Å². The Balaban J connectivity index is 2.20. The first-order chi connectivity index (χ1) is 9.13. The van der Waals surface area contributed by atoms with E-state index in [0.29, 0.717) is 31.7 Å². The maximum Gasteiger partial charge on any atom is 0.331 e. The number of ether oxygens (including phenoxy) is 1. The average Bonchev–Trinajstić information content (AvgIpc) is 2.37. The number of aliphatic carboxylic acids is 1. The zero-order valence-corrected chi connectivity index (χ0v) is 11.5. The highest BCUT2D eigenvalue weighted by Crippen LogP contribution is 2.11. The van der Waals surface area contributed by atoms with Gasteiger partial charge < -0.3 is 15.2 Å². The van der Waals surface area contributed by atoms with Gasteiger partial charge in [0.2, 0.25) is 0 Å². The fourth-order valence-corrected chi connectivity index (χ4v) is 1.63. The summed E-state index contributed by atoms with van der Waals surface area (Å²) < 4.78 is 5.57. The van der Waals surface area contributed by atoms with Crippen LogP contribution in [0.4, 0.5) is 0 Å². The molecule has 0 aliphatic heterocycles. The standard InChI is InChI=1S/C15H21NO3/c1-3-13(15(17)18)7-8-16-9-10-19-14-6-4-5-12(2)11-14/h4-7,11,16H,3,8-10H2,1-2H3,(H,17,18)/b13-7-. The van der Waals surface area contributed by atoms with Gasteiger partial charge in [-0.2, -0.15) is 0 Å². The number of nitrogens with one attached hydrogen (secondary N) is 1. The van der Waals surface area contributed by atoms with Crippen LogP contribution in [0.15, 0.2) is 35.9 Å². The van der Waals surface area contributed by atoms with Gasteiger partial charge in [0.15, 0.2) is 0 Å². The Morgan fingerprint density at radius 2 is 2.26 bits per heavy atom. The first-order valence-corrected chi connectivity index (χ1v) is 6.46. The van der Waals surface area contributed by atoms with Crippen LogP contribution in [-0.4, -0.2) is 30.8 Å². The van der Waals surface area contributed by atoms with E-state index in [4.69, 9.17) is 9.84 Å². The second kappa shape index (κ2) is 8.32. The van der Waals surface area contributed by atoms with Gasteiger partial charge in [-0.15, -0.1) is 0 Å². The molecule has 0 bridgehead atoms. The van der Waals surface area contributed by atoms with E-state index in [1.54, 1.807) is 6.08 Å². The number of carbonyl (C=O) groups is 1. The summed E-state index contributed by atoms with van der Waals surface area (Å²) in [5, 5.41) is 12.0. The minimum Gasteiger partial charge on any atom is -0.492 e. The topological polar surface area (TPSA) is 58.6 Å². The number of carboxylic acids is 1. The molecule has 4 heteroatoms. The summed E-state index contributed by atoms with van der Waals surface area (Å²) in [5.41, 5.74) is 1.61. The molecule has 104 valence electrons. The first-order valence-electron chi connectivity index (χ1n) is 6.46. The van der Waals surface area contributed by atoms with E-state index < -0.39 is 5.97 Å². The molecule has 0 radical (unpaired) electrons. The third kappa shape index (κ3) is 6.06. The molecular formula is C15H21NO3. The zero-order valence-electron chi connectivity index (χ0n) is 11.5. The summed E-state index contributed by atoms with van der Waals surface area (Å²) in [6, 6.07) is 7.89. The molecule has 0 aliphatic rings. The maximum absolute atomic E-state index is 10.7. The van der Waals surface area contributed by atoms with Crippen LogP contribution in [0.2, 0.25) is 0 Å². The number of aryl methyl sites for hydroxylation is 1. The lowest BCUT2D eigenvalue weighted by atomic mass is 10.2. The smallest absolute Gasteiger partial charge is 0.331 e. The molecule has 19 heavy (non-hydrogen) atoms. The third-order valence-electron chi connectivity index (χ3n) is 2.69. The van der Waals surface area contributed by atoms with E-state index in [0.717, 1.165) is 5.75 Å². The van der Waals surface area contributed by atoms with Crippen molar-refractivity contribution in [2.45, 2.75) is 20.3 Å². The van der Waals surface area contributed by atoms with Gasteiger partial charge in [-0.05, 0) is 31.0 Å². The molecule has 0 spiro atoms. The van der Waals surface area contributed by atoms with E-state index in [-0.39, 0.29) is 0 Å². The van der Waals surface area contributed by atoms with Crippen LogP contribution in [0.25, 0.3) is 0 Å². The van der Waals surface area contributed by atoms with E-state index in [9.17, 15) is 4.79 Å². The molecule has 4 nitrogen and oxygen atoms in total. The molecule has 0 saturated carbocycles. The fourth-order valence-electron chi connectivity index (χ4n) is 1.63. The molecule has 0 aliphatic carbocycles. The van der Waals surface area contributed by atoms with Gasteiger partial charge in [0.25, 0.3) is 0 Å². The number of carboxylic acid groups (broad SMARTS) is 1. The van der Waals surface area contributed by atoms with Gasteiger partial charge in [0, 0.05) is 18.7 Å². The van der Waals surface area contributed by atoms with Crippen molar-refractivity contribution in [1.82, 2.24) is 5.32 Å². The SMILES string of the molecule is CC/C(=C/CNCCOc1cccc(C)c1)C(=O)O. The predicted molar refractivity (Wildman–Crippen MR) is 75.6 cm³/mol. The lowest BCUT2D eigenvalue weighted by Crippen LogP contribution is -2.21. The van der Waals surface area contributed by atoms with Crippen molar-refractivity contribution in [1.29, 1.82) is 0 Å². The van der Waals surface area contributed by atoms with Gasteiger partial charge in [-0.3, -0.25) is 0 Å². The fraction of sp³-hybridized carbons (Fsp3) is 0.400. The summed E-state index contributed by atoms with van der Waals surface area (Å²) in [6.45, 7) is 5.65. The van der Waals surface area contributed by atoms with Gasteiger partial charge in [-0.1, -0.05) is 25.1 Å². The van der Waals surface area contributed by atoms with Crippen LogP contribution in [0.1, 0.15) is 18.9 Å².